The van der Waals surface area contributed by atoms with Crippen molar-refractivity contribution < 1.29 is 19.4 Å². The summed E-state index contributed by atoms with van der Waals surface area (Å²) >= 11 is 0. The minimum atomic E-state index is -0.731. The van der Waals surface area contributed by atoms with E-state index in [-0.39, 0.29) is 23.0 Å². The van der Waals surface area contributed by atoms with Gasteiger partial charge in [0.25, 0.3) is 0 Å². The number of hydrogen-bond acceptors (Lipinski definition) is 7. The van der Waals surface area contributed by atoms with Crippen LogP contribution in [0, 0.1) is 10.8 Å². The predicted octanol–water partition coefficient (Wildman–Crippen LogP) is 3.33. The first kappa shape index (κ1) is 23.1. The number of phenolic OH excluding ortho intramolecular Hbond substituents is 1. The highest BCUT2D eigenvalue weighted by Gasteiger charge is 2.35. The maximum absolute atomic E-state index is 13.0. The van der Waals surface area contributed by atoms with E-state index in [9.17, 15) is 14.7 Å². The van der Waals surface area contributed by atoms with E-state index in [0.717, 1.165) is 11.8 Å². The van der Waals surface area contributed by atoms with E-state index in [1.165, 1.54) is 7.11 Å². The Morgan fingerprint density at radius 3 is 2.63 bits per heavy atom. The first-order chi connectivity index (χ1) is 14.0. The molecule has 1 aromatic heterocycles. The Hall–Kier alpha value is -3.16. The van der Waals surface area contributed by atoms with E-state index < -0.39 is 5.41 Å². The zero-order valence-electron chi connectivity index (χ0n) is 18.2. The van der Waals surface area contributed by atoms with Crippen molar-refractivity contribution in [3.8, 4) is 11.5 Å². The monoisotopic (exact) mass is 414 g/mol. The number of nitrogens with one attached hydrogen (secondary N) is 1. The minimum absolute atomic E-state index is 0.0445. The number of carbonyl (C=O) groups excluding carboxylic acids is 2. The lowest BCUT2D eigenvalue weighted by Gasteiger charge is -2.32. The fraction of sp³-hybridized carbons (Fsp3) is 0.455. The van der Waals surface area contributed by atoms with Crippen molar-refractivity contribution in [3.63, 3.8) is 0 Å². The topological polar surface area (TPSA) is 127 Å². The number of nitrogens with zero attached hydrogens (tertiary/aromatic N) is 2. The van der Waals surface area contributed by atoms with Crippen LogP contribution in [0.3, 0.4) is 0 Å². The van der Waals surface area contributed by atoms with Crippen LogP contribution < -0.4 is 15.8 Å². The Kier molecular flexibility index (Phi) is 7.02. The molecule has 0 saturated heterocycles. The smallest absolute Gasteiger partial charge is 0.231 e. The van der Waals surface area contributed by atoms with E-state index >= 15 is 0 Å². The molecule has 0 saturated carbocycles. The van der Waals surface area contributed by atoms with E-state index in [0.29, 0.717) is 36.4 Å². The van der Waals surface area contributed by atoms with Gasteiger partial charge in [0.15, 0.2) is 11.5 Å². The Morgan fingerprint density at radius 2 is 2.00 bits per heavy atom. The second-order valence-electron chi connectivity index (χ2n) is 8.83. The molecule has 2 aromatic rings. The number of benzene rings is 1. The number of methoxy groups -OCH3 is 1. The number of hydrogen-bond donors (Lipinski definition) is 3. The summed E-state index contributed by atoms with van der Waals surface area (Å²) < 4.78 is 5.15. The summed E-state index contributed by atoms with van der Waals surface area (Å²) in [6, 6.07) is 5.01. The van der Waals surface area contributed by atoms with Crippen LogP contribution in [0.1, 0.15) is 51.7 Å². The van der Waals surface area contributed by atoms with Gasteiger partial charge in [-0.15, -0.1) is 0 Å². The normalized spacial score (nSPS) is 11.8. The van der Waals surface area contributed by atoms with Crippen LogP contribution >= 0.6 is 0 Å². The second kappa shape index (κ2) is 9.11. The predicted molar refractivity (Wildman–Crippen MR) is 115 cm³/mol. The van der Waals surface area contributed by atoms with Gasteiger partial charge in [0.05, 0.1) is 7.11 Å². The molecule has 2 rings (SSSR count). The van der Waals surface area contributed by atoms with E-state index in [2.05, 4.69) is 15.3 Å². The number of carbonyl (C=O) groups is 2. The molecule has 1 heterocycles. The first-order valence-electron chi connectivity index (χ1n) is 9.70. The Balaban J connectivity index is 2.26. The zero-order valence-corrected chi connectivity index (χ0v) is 18.2. The summed E-state index contributed by atoms with van der Waals surface area (Å²) in [5.74, 6) is 0.567. The molecule has 8 heteroatoms. The average Bonchev–Trinajstić information content (AvgIpc) is 2.64. The molecule has 0 atom stereocenters. The summed E-state index contributed by atoms with van der Waals surface area (Å²) in [7, 11) is 1.48. The lowest BCUT2D eigenvalue weighted by molar-refractivity contribution is -0.126. The molecule has 0 bridgehead atoms. The van der Waals surface area contributed by atoms with E-state index in [1.54, 1.807) is 24.4 Å². The number of nitrogen functional groups attached to an aromatic ring is 1. The molecule has 8 nitrogen and oxygen atoms in total. The quantitative estimate of drug-likeness (QED) is 0.537. The molecule has 0 aliphatic rings. The summed E-state index contributed by atoms with van der Waals surface area (Å²) in [6.07, 6.45) is 3.75. The van der Waals surface area contributed by atoms with Crippen molar-refractivity contribution in [1.29, 1.82) is 0 Å². The highest BCUT2D eigenvalue weighted by molar-refractivity contribution is 5.94. The fourth-order valence-corrected chi connectivity index (χ4v) is 3.56. The molecule has 162 valence electrons. The van der Waals surface area contributed by atoms with Crippen LogP contribution in [0.25, 0.3) is 0 Å². The van der Waals surface area contributed by atoms with Gasteiger partial charge in [-0.3, -0.25) is 4.79 Å². The number of aldehydes is 1. The molecule has 0 aliphatic carbocycles. The highest BCUT2D eigenvalue weighted by atomic mass is 16.5. The van der Waals surface area contributed by atoms with Crippen molar-refractivity contribution >= 4 is 24.0 Å². The van der Waals surface area contributed by atoms with Crippen molar-refractivity contribution in [2.45, 2.75) is 47.0 Å². The van der Waals surface area contributed by atoms with Gasteiger partial charge in [-0.25, -0.2) is 4.98 Å². The zero-order chi connectivity index (χ0) is 22.5. The Morgan fingerprint density at radius 1 is 1.30 bits per heavy atom. The molecule has 0 unspecified atom stereocenters. The van der Waals surface area contributed by atoms with Crippen molar-refractivity contribution in [2.24, 2.45) is 10.8 Å². The summed E-state index contributed by atoms with van der Waals surface area (Å²) in [6.45, 7) is 7.60. The third-order valence-electron chi connectivity index (χ3n) is 4.92. The van der Waals surface area contributed by atoms with Crippen molar-refractivity contribution in [1.82, 2.24) is 9.97 Å². The van der Waals surface area contributed by atoms with E-state index in [1.807, 2.05) is 27.7 Å². The third-order valence-corrected chi connectivity index (χ3v) is 4.92. The number of nitrogens with two attached hydrogens (primary N) is 1. The van der Waals surface area contributed by atoms with Crippen molar-refractivity contribution in [3.05, 3.63) is 35.5 Å². The number of phenols is 1. The van der Waals surface area contributed by atoms with Crippen molar-refractivity contribution in [2.75, 3.05) is 18.2 Å². The molecule has 0 spiro atoms. The largest absolute Gasteiger partial charge is 0.504 e. The molecular weight excluding hydrogens is 384 g/mol. The number of amides is 1. The van der Waals surface area contributed by atoms with Crippen LogP contribution in [-0.4, -0.2) is 34.4 Å². The molecule has 1 aromatic carbocycles. The maximum Gasteiger partial charge on any atom is 0.231 e. The van der Waals surface area contributed by atoms with Crippen LogP contribution in [0.2, 0.25) is 0 Å². The van der Waals surface area contributed by atoms with Crippen LogP contribution in [0.5, 0.6) is 11.5 Å². The second-order valence-corrected chi connectivity index (χ2v) is 8.83. The SMILES string of the molecule is COc1cc(Cc2cnc(N)nc2NC(=O)C(C)(C)CC(C)(C)CC=O)ccc1O. The summed E-state index contributed by atoms with van der Waals surface area (Å²) in [5.41, 5.74) is 6.23. The lowest BCUT2D eigenvalue weighted by Crippen LogP contribution is -2.36. The number of anilines is 2. The van der Waals surface area contributed by atoms with Gasteiger partial charge in [-0.05, 0) is 29.5 Å². The molecule has 1 amide bonds. The van der Waals surface area contributed by atoms with Crippen LogP contribution in [0.15, 0.2) is 24.4 Å². The van der Waals surface area contributed by atoms with Gasteiger partial charge >= 0.3 is 0 Å². The average molecular weight is 415 g/mol. The number of ether oxygens (including phenoxy) is 1. The minimum Gasteiger partial charge on any atom is -0.504 e. The van der Waals surface area contributed by atoms with E-state index in [4.69, 9.17) is 10.5 Å². The molecule has 0 aliphatic heterocycles. The maximum atomic E-state index is 13.0. The van der Waals surface area contributed by atoms with Gasteiger partial charge in [0.1, 0.15) is 12.1 Å². The molecule has 4 N–H and O–H groups in total. The molecule has 0 radical (unpaired) electrons. The van der Waals surface area contributed by atoms with Crippen LogP contribution in [0.4, 0.5) is 11.8 Å². The van der Waals surface area contributed by atoms with Gasteiger partial charge in [0, 0.05) is 30.0 Å². The van der Waals surface area contributed by atoms with Gasteiger partial charge in [-0.2, -0.15) is 4.98 Å². The number of rotatable bonds is 9. The van der Waals surface area contributed by atoms with Gasteiger partial charge < -0.3 is 25.7 Å². The standard InChI is InChI=1S/C22H30N4O4/c1-21(2,8-9-27)13-22(3,4)19(29)25-18-15(12-24-20(23)26-18)10-14-6-7-16(28)17(11-14)30-5/h6-7,9,11-12,28H,8,10,13H2,1-5H3,(H3,23,24,25,26,29). The third kappa shape index (κ3) is 5.92. The summed E-state index contributed by atoms with van der Waals surface area (Å²) in [4.78, 5) is 32.2. The van der Waals surface area contributed by atoms with Crippen LogP contribution in [-0.2, 0) is 16.0 Å². The number of aromatic hydroxyl groups is 1. The Bertz CT molecular complexity index is 925. The first-order valence-corrected chi connectivity index (χ1v) is 9.70. The Labute approximate surface area is 176 Å². The molecule has 30 heavy (non-hydrogen) atoms. The molecule has 0 fully saturated rings. The van der Waals surface area contributed by atoms with Gasteiger partial charge in [-0.1, -0.05) is 33.8 Å². The highest BCUT2D eigenvalue weighted by Crippen LogP contribution is 2.36. The summed E-state index contributed by atoms with van der Waals surface area (Å²) in [5, 5.41) is 12.7. The lowest BCUT2D eigenvalue weighted by atomic mass is 9.73. The molecular formula is C22H30N4O4. The fourth-order valence-electron chi connectivity index (χ4n) is 3.56. The van der Waals surface area contributed by atoms with Gasteiger partial charge in [0.2, 0.25) is 11.9 Å². The number of aromatic nitrogens is 2.